The fraction of sp³-hybridized carbons (Fsp3) is 0.467. The lowest BCUT2D eigenvalue weighted by Gasteiger charge is -2.29. The maximum atomic E-state index is 5.98. The highest BCUT2D eigenvalue weighted by Crippen LogP contribution is 2.20. The number of hydrogen-bond acceptors (Lipinski definition) is 6. The normalized spacial score (nSPS) is 19.6. The Kier molecular flexibility index (Phi) is 4.17. The Bertz CT molecular complexity index is 582. The summed E-state index contributed by atoms with van der Waals surface area (Å²) in [5.41, 5.74) is 6.90. The van der Waals surface area contributed by atoms with E-state index in [2.05, 4.69) is 15.0 Å². The zero-order chi connectivity index (χ0) is 14.7. The first-order valence-corrected chi connectivity index (χ1v) is 7.19. The monoisotopic (exact) mass is 288 g/mol. The third-order valence-corrected chi connectivity index (χ3v) is 3.72. The Balaban J connectivity index is 1.67. The summed E-state index contributed by atoms with van der Waals surface area (Å²) in [7, 11) is 1.64. The summed E-state index contributed by atoms with van der Waals surface area (Å²) >= 11 is 0. The van der Waals surface area contributed by atoms with Crippen LogP contribution in [-0.2, 0) is 6.54 Å². The number of piperidine rings is 1. The number of aromatic nitrogens is 2. The van der Waals surface area contributed by atoms with Crippen molar-refractivity contribution in [3.05, 3.63) is 30.2 Å². The number of hydrogen-bond donors (Lipinski definition) is 1. The summed E-state index contributed by atoms with van der Waals surface area (Å²) in [6, 6.07) is 7.86. The third kappa shape index (κ3) is 3.40. The fourth-order valence-corrected chi connectivity index (χ4v) is 2.60. The fourth-order valence-electron chi connectivity index (χ4n) is 2.60. The van der Waals surface area contributed by atoms with Gasteiger partial charge >= 0.3 is 0 Å². The quantitative estimate of drug-likeness (QED) is 0.922. The second-order valence-corrected chi connectivity index (χ2v) is 5.38. The van der Waals surface area contributed by atoms with Gasteiger partial charge in [-0.15, -0.1) is 0 Å². The summed E-state index contributed by atoms with van der Waals surface area (Å²) in [6.07, 6.45) is 2.22. The third-order valence-electron chi connectivity index (χ3n) is 3.72. The average Bonchev–Trinajstić information content (AvgIpc) is 2.96. The van der Waals surface area contributed by atoms with Crippen LogP contribution in [0.1, 0.15) is 18.7 Å². The van der Waals surface area contributed by atoms with Gasteiger partial charge < -0.3 is 15.0 Å². The average molecular weight is 288 g/mol. The molecule has 1 atom stereocenters. The molecular weight excluding hydrogens is 268 g/mol. The van der Waals surface area contributed by atoms with E-state index in [9.17, 15) is 0 Å². The standard InChI is InChI=1S/C15H20N4O2/c1-20-13-6-4-11(5-7-13)15-17-14(21-18-15)10-19-8-2-3-12(16)9-19/h4-7,12H,2-3,8-10,16H2,1H3/t12-/m1/s1. The van der Waals surface area contributed by atoms with Gasteiger partial charge in [0.25, 0.3) is 0 Å². The van der Waals surface area contributed by atoms with Crippen LogP contribution in [0.2, 0.25) is 0 Å². The maximum Gasteiger partial charge on any atom is 0.241 e. The van der Waals surface area contributed by atoms with E-state index in [0.717, 1.165) is 37.2 Å². The first-order chi connectivity index (χ1) is 10.2. The van der Waals surface area contributed by atoms with E-state index in [0.29, 0.717) is 18.3 Å². The highest BCUT2D eigenvalue weighted by Gasteiger charge is 2.19. The van der Waals surface area contributed by atoms with E-state index < -0.39 is 0 Å². The molecule has 1 aliphatic rings. The van der Waals surface area contributed by atoms with Crippen LogP contribution >= 0.6 is 0 Å². The second-order valence-electron chi connectivity index (χ2n) is 5.38. The molecule has 1 saturated heterocycles. The molecule has 112 valence electrons. The van der Waals surface area contributed by atoms with Crippen LogP contribution in [0, 0.1) is 0 Å². The molecule has 21 heavy (non-hydrogen) atoms. The van der Waals surface area contributed by atoms with Gasteiger partial charge in [-0.3, -0.25) is 4.90 Å². The number of likely N-dealkylation sites (tertiary alicyclic amines) is 1. The van der Waals surface area contributed by atoms with E-state index in [1.807, 2.05) is 24.3 Å². The molecular formula is C15H20N4O2. The largest absolute Gasteiger partial charge is 0.497 e. The number of methoxy groups -OCH3 is 1. The molecule has 0 radical (unpaired) electrons. The number of nitrogens with zero attached hydrogens (tertiary/aromatic N) is 3. The minimum absolute atomic E-state index is 0.253. The zero-order valence-electron chi connectivity index (χ0n) is 12.2. The van der Waals surface area contributed by atoms with Crippen LogP contribution in [0.15, 0.2) is 28.8 Å². The Morgan fingerprint density at radius 3 is 2.90 bits per heavy atom. The van der Waals surface area contributed by atoms with Gasteiger partial charge in [-0.25, -0.2) is 0 Å². The smallest absolute Gasteiger partial charge is 0.241 e. The van der Waals surface area contributed by atoms with Crippen molar-refractivity contribution in [1.29, 1.82) is 0 Å². The molecule has 1 aromatic carbocycles. The molecule has 2 N–H and O–H groups in total. The summed E-state index contributed by atoms with van der Waals surface area (Å²) in [6.45, 7) is 2.59. The van der Waals surface area contributed by atoms with Crippen molar-refractivity contribution < 1.29 is 9.26 Å². The molecule has 2 heterocycles. The SMILES string of the molecule is COc1ccc(-c2noc(CN3CCC[C@@H](N)C3)n2)cc1. The van der Waals surface area contributed by atoms with Gasteiger partial charge in [0.15, 0.2) is 0 Å². The molecule has 6 nitrogen and oxygen atoms in total. The Labute approximate surface area is 123 Å². The van der Waals surface area contributed by atoms with Gasteiger partial charge in [0, 0.05) is 18.2 Å². The molecule has 1 fully saturated rings. The minimum Gasteiger partial charge on any atom is -0.497 e. The van der Waals surface area contributed by atoms with Crippen LogP contribution in [-0.4, -0.2) is 41.3 Å². The highest BCUT2D eigenvalue weighted by molar-refractivity contribution is 5.55. The molecule has 3 rings (SSSR count). The van der Waals surface area contributed by atoms with Gasteiger partial charge in [-0.05, 0) is 43.7 Å². The van der Waals surface area contributed by atoms with Crippen molar-refractivity contribution in [2.45, 2.75) is 25.4 Å². The lowest BCUT2D eigenvalue weighted by molar-refractivity contribution is 0.178. The lowest BCUT2D eigenvalue weighted by atomic mass is 10.1. The van der Waals surface area contributed by atoms with Crippen molar-refractivity contribution >= 4 is 0 Å². The summed E-state index contributed by atoms with van der Waals surface area (Å²) in [4.78, 5) is 6.72. The van der Waals surface area contributed by atoms with E-state index in [1.165, 1.54) is 0 Å². The van der Waals surface area contributed by atoms with Gasteiger partial charge in [-0.2, -0.15) is 4.98 Å². The predicted molar refractivity (Wildman–Crippen MR) is 78.8 cm³/mol. The van der Waals surface area contributed by atoms with Gasteiger partial charge in [0.2, 0.25) is 11.7 Å². The van der Waals surface area contributed by atoms with Crippen LogP contribution in [0.5, 0.6) is 5.75 Å². The maximum absolute atomic E-state index is 5.98. The van der Waals surface area contributed by atoms with Crippen LogP contribution in [0.3, 0.4) is 0 Å². The van der Waals surface area contributed by atoms with E-state index in [-0.39, 0.29) is 6.04 Å². The molecule has 0 saturated carbocycles. The Morgan fingerprint density at radius 1 is 1.38 bits per heavy atom. The number of rotatable bonds is 4. The molecule has 0 unspecified atom stereocenters. The van der Waals surface area contributed by atoms with Gasteiger partial charge in [0.1, 0.15) is 5.75 Å². The van der Waals surface area contributed by atoms with Crippen molar-refractivity contribution in [1.82, 2.24) is 15.0 Å². The summed E-state index contributed by atoms with van der Waals surface area (Å²) in [5.74, 6) is 2.05. The molecule has 0 aliphatic carbocycles. The molecule has 1 aliphatic heterocycles. The summed E-state index contributed by atoms with van der Waals surface area (Å²) in [5, 5.41) is 4.04. The summed E-state index contributed by atoms with van der Waals surface area (Å²) < 4.78 is 10.5. The van der Waals surface area contributed by atoms with Crippen molar-refractivity contribution in [3.63, 3.8) is 0 Å². The van der Waals surface area contributed by atoms with Crippen LogP contribution < -0.4 is 10.5 Å². The topological polar surface area (TPSA) is 77.4 Å². The van der Waals surface area contributed by atoms with Crippen LogP contribution in [0.4, 0.5) is 0 Å². The van der Waals surface area contributed by atoms with Gasteiger partial charge in [0.05, 0.1) is 13.7 Å². The first kappa shape index (κ1) is 14.0. The number of benzene rings is 1. The number of nitrogens with two attached hydrogens (primary N) is 1. The molecule has 6 heteroatoms. The first-order valence-electron chi connectivity index (χ1n) is 7.19. The van der Waals surface area contributed by atoms with Crippen molar-refractivity contribution in [2.24, 2.45) is 5.73 Å². The van der Waals surface area contributed by atoms with Crippen molar-refractivity contribution in [3.8, 4) is 17.1 Å². The van der Waals surface area contributed by atoms with Crippen molar-refractivity contribution in [2.75, 3.05) is 20.2 Å². The second kappa shape index (κ2) is 6.24. The van der Waals surface area contributed by atoms with Gasteiger partial charge in [-0.1, -0.05) is 5.16 Å². The minimum atomic E-state index is 0.253. The Hall–Kier alpha value is -1.92. The van der Waals surface area contributed by atoms with E-state index in [1.54, 1.807) is 7.11 Å². The van der Waals surface area contributed by atoms with E-state index >= 15 is 0 Å². The van der Waals surface area contributed by atoms with Crippen LogP contribution in [0.25, 0.3) is 11.4 Å². The molecule has 0 amide bonds. The van der Waals surface area contributed by atoms with E-state index in [4.69, 9.17) is 15.0 Å². The lowest BCUT2D eigenvalue weighted by Crippen LogP contribution is -2.42. The molecule has 0 spiro atoms. The predicted octanol–water partition coefficient (Wildman–Crippen LogP) is 1.67. The highest BCUT2D eigenvalue weighted by atomic mass is 16.5. The number of ether oxygens (including phenoxy) is 1. The molecule has 2 aromatic rings. The Morgan fingerprint density at radius 2 is 2.19 bits per heavy atom. The molecule has 1 aromatic heterocycles. The zero-order valence-corrected chi connectivity index (χ0v) is 12.2. The molecule has 0 bridgehead atoms.